The first-order valence-corrected chi connectivity index (χ1v) is 5.90. The highest BCUT2D eigenvalue weighted by molar-refractivity contribution is 6.30. The number of aliphatic carboxylic acids is 1. The van der Waals surface area contributed by atoms with Crippen molar-refractivity contribution < 1.29 is 19.4 Å². The van der Waals surface area contributed by atoms with Crippen LogP contribution in [0.3, 0.4) is 0 Å². The van der Waals surface area contributed by atoms with Gasteiger partial charge in [-0.25, -0.2) is 4.79 Å². The van der Waals surface area contributed by atoms with Crippen LogP contribution < -0.4 is 10.1 Å². The van der Waals surface area contributed by atoms with Crippen molar-refractivity contribution in [3.8, 4) is 5.75 Å². The van der Waals surface area contributed by atoms with Crippen LogP contribution in [-0.2, 0) is 9.59 Å². The van der Waals surface area contributed by atoms with Gasteiger partial charge in [-0.2, -0.15) is 0 Å². The van der Waals surface area contributed by atoms with Crippen molar-refractivity contribution in [2.45, 2.75) is 13.0 Å². The summed E-state index contributed by atoms with van der Waals surface area (Å²) < 4.78 is 5.47. The van der Waals surface area contributed by atoms with Crippen LogP contribution in [0.2, 0.25) is 5.02 Å². The Morgan fingerprint density at radius 3 is 2.74 bits per heavy atom. The van der Waals surface area contributed by atoms with Crippen LogP contribution >= 0.6 is 11.6 Å². The van der Waals surface area contributed by atoms with E-state index in [1.807, 2.05) is 0 Å². The first-order chi connectivity index (χ1) is 8.93. The standard InChI is InChI=1S/C13H14ClNO4/c1-8(13(18)15-2)19-11-5-4-10(14)7-9(11)3-6-12(16)17/h3-8H,1-2H3,(H,15,18)(H,16,17)/b6-3+. The first kappa shape index (κ1) is 15.0. The third-order valence-electron chi connectivity index (χ3n) is 2.30. The maximum Gasteiger partial charge on any atom is 0.328 e. The minimum Gasteiger partial charge on any atom is -0.480 e. The molecular weight excluding hydrogens is 270 g/mol. The molecule has 1 amide bonds. The lowest BCUT2D eigenvalue weighted by Gasteiger charge is -2.15. The maximum atomic E-state index is 11.4. The molecule has 0 aliphatic heterocycles. The summed E-state index contributed by atoms with van der Waals surface area (Å²) in [6.07, 6.45) is 1.64. The molecule has 1 aromatic carbocycles. The second-order valence-electron chi connectivity index (χ2n) is 3.73. The molecule has 0 saturated heterocycles. The fraction of sp³-hybridized carbons (Fsp3) is 0.231. The summed E-state index contributed by atoms with van der Waals surface area (Å²) in [7, 11) is 1.51. The number of ether oxygens (including phenoxy) is 1. The quantitative estimate of drug-likeness (QED) is 0.810. The third-order valence-corrected chi connectivity index (χ3v) is 2.53. The van der Waals surface area contributed by atoms with E-state index in [4.69, 9.17) is 21.4 Å². The van der Waals surface area contributed by atoms with E-state index in [1.54, 1.807) is 25.1 Å². The number of carboxylic acid groups (broad SMARTS) is 1. The van der Waals surface area contributed by atoms with Crippen LogP contribution in [0, 0.1) is 0 Å². The topological polar surface area (TPSA) is 75.6 Å². The highest BCUT2D eigenvalue weighted by Crippen LogP contribution is 2.25. The van der Waals surface area contributed by atoms with Gasteiger partial charge in [0.05, 0.1) is 0 Å². The van der Waals surface area contributed by atoms with Crippen LogP contribution in [0.25, 0.3) is 6.08 Å². The number of carbonyl (C=O) groups excluding carboxylic acids is 1. The van der Waals surface area contributed by atoms with Crippen molar-refractivity contribution in [2.24, 2.45) is 0 Å². The Hall–Kier alpha value is -2.01. The summed E-state index contributed by atoms with van der Waals surface area (Å²) in [6, 6.07) is 4.75. The van der Waals surface area contributed by atoms with Gasteiger partial charge >= 0.3 is 5.97 Å². The largest absolute Gasteiger partial charge is 0.480 e. The van der Waals surface area contributed by atoms with Gasteiger partial charge in [0.25, 0.3) is 5.91 Å². The van der Waals surface area contributed by atoms with Crippen molar-refractivity contribution in [1.29, 1.82) is 0 Å². The number of likely N-dealkylation sites (N-methyl/N-ethyl adjacent to an activating group) is 1. The molecule has 0 radical (unpaired) electrons. The van der Waals surface area contributed by atoms with E-state index < -0.39 is 12.1 Å². The Labute approximate surface area is 115 Å². The van der Waals surface area contributed by atoms with Gasteiger partial charge in [0.2, 0.25) is 0 Å². The van der Waals surface area contributed by atoms with Crippen molar-refractivity contribution in [2.75, 3.05) is 7.05 Å². The number of carboxylic acids is 1. The van der Waals surface area contributed by atoms with Crippen LogP contribution in [-0.4, -0.2) is 30.1 Å². The molecular formula is C13H14ClNO4. The minimum atomic E-state index is -1.08. The van der Waals surface area contributed by atoms with E-state index in [-0.39, 0.29) is 5.91 Å². The van der Waals surface area contributed by atoms with Gasteiger partial charge in [0.1, 0.15) is 5.75 Å². The monoisotopic (exact) mass is 283 g/mol. The Bertz CT molecular complexity index is 513. The van der Waals surface area contributed by atoms with Crippen molar-refractivity contribution >= 4 is 29.6 Å². The molecule has 102 valence electrons. The van der Waals surface area contributed by atoms with Crippen molar-refractivity contribution in [3.05, 3.63) is 34.9 Å². The molecule has 0 saturated carbocycles. The lowest BCUT2D eigenvalue weighted by Crippen LogP contribution is -2.33. The Morgan fingerprint density at radius 2 is 2.16 bits per heavy atom. The van der Waals surface area contributed by atoms with Crippen LogP contribution in [0.1, 0.15) is 12.5 Å². The van der Waals surface area contributed by atoms with Gasteiger partial charge in [0, 0.05) is 23.7 Å². The van der Waals surface area contributed by atoms with Gasteiger partial charge < -0.3 is 15.2 Å². The number of amides is 1. The second-order valence-corrected chi connectivity index (χ2v) is 4.16. The number of benzene rings is 1. The zero-order chi connectivity index (χ0) is 14.4. The average Bonchev–Trinajstić information content (AvgIpc) is 2.37. The smallest absolute Gasteiger partial charge is 0.328 e. The lowest BCUT2D eigenvalue weighted by atomic mass is 10.2. The molecule has 1 atom stereocenters. The molecule has 5 nitrogen and oxygen atoms in total. The number of rotatable bonds is 5. The molecule has 0 heterocycles. The van der Waals surface area contributed by atoms with Gasteiger partial charge in [0.15, 0.2) is 6.10 Å². The van der Waals surface area contributed by atoms with Crippen molar-refractivity contribution in [3.63, 3.8) is 0 Å². The number of hydrogen-bond acceptors (Lipinski definition) is 3. The first-order valence-electron chi connectivity index (χ1n) is 5.53. The number of hydrogen-bond donors (Lipinski definition) is 2. The highest BCUT2D eigenvalue weighted by Gasteiger charge is 2.14. The molecule has 0 fully saturated rings. The molecule has 0 aliphatic rings. The normalized spacial score (nSPS) is 12.2. The fourth-order valence-corrected chi connectivity index (χ4v) is 1.55. The Kier molecular flexibility index (Phi) is 5.38. The van der Waals surface area contributed by atoms with E-state index in [0.717, 1.165) is 6.08 Å². The van der Waals surface area contributed by atoms with Crippen LogP contribution in [0.15, 0.2) is 24.3 Å². The van der Waals surface area contributed by atoms with Crippen LogP contribution in [0.5, 0.6) is 5.75 Å². The number of carbonyl (C=O) groups is 2. The van der Waals surface area contributed by atoms with Gasteiger partial charge in [-0.05, 0) is 31.2 Å². The zero-order valence-corrected chi connectivity index (χ0v) is 11.3. The number of nitrogens with one attached hydrogen (secondary N) is 1. The fourth-order valence-electron chi connectivity index (χ4n) is 1.37. The summed E-state index contributed by atoms with van der Waals surface area (Å²) in [5.41, 5.74) is 0.491. The maximum absolute atomic E-state index is 11.4. The van der Waals surface area contributed by atoms with Gasteiger partial charge in [-0.3, -0.25) is 4.79 Å². The van der Waals surface area contributed by atoms with Crippen LogP contribution in [0.4, 0.5) is 0 Å². The van der Waals surface area contributed by atoms with Gasteiger partial charge in [-0.15, -0.1) is 0 Å². The van der Waals surface area contributed by atoms with E-state index in [0.29, 0.717) is 16.3 Å². The molecule has 0 bridgehead atoms. The van der Waals surface area contributed by atoms with Gasteiger partial charge in [-0.1, -0.05) is 11.6 Å². The SMILES string of the molecule is CNC(=O)C(C)Oc1ccc(Cl)cc1/C=C/C(=O)O. The lowest BCUT2D eigenvalue weighted by molar-refractivity contribution is -0.131. The highest BCUT2D eigenvalue weighted by atomic mass is 35.5. The van der Waals surface area contributed by atoms with Crippen molar-refractivity contribution in [1.82, 2.24) is 5.32 Å². The van der Waals surface area contributed by atoms with E-state index >= 15 is 0 Å². The molecule has 1 aromatic rings. The summed E-state index contributed by atoms with van der Waals surface area (Å²) in [6.45, 7) is 1.60. The molecule has 6 heteroatoms. The number of halogens is 1. The minimum absolute atomic E-state index is 0.275. The van der Waals surface area contributed by atoms with E-state index in [1.165, 1.54) is 13.1 Å². The Morgan fingerprint density at radius 1 is 1.47 bits per heavy atom. The Balaban J connectivity index is 2.99. The molecule has 0 aromatic heterocycles. The summed E-state index contributed by atoms with van der Waals surface area (Å²) in [4.78, 5) is 21.9. The molecule has 0 aliphatic carbocycles. The molecule has 1 unspecified atom stereocenters. The average molecular weight is 284 g/mol. The molecule has 19 heavy (non-hydrogen) atoms. The summed E-state index contributed by atoms with van der Waals surface area (Å²) in [5, 5.41) is 11.5. The summed E-state index contributed by atoms with van der Waals surface area (Å²) >= 11 is 5.84. The predicted molar refractivity (Wildman–Crippen MR) is 72.3 cm³/mol. The third kappa shape index (κ3) is 4.63. The zero-order valence-electron chi connectivity index (χ0n) is 10.5. The molecule has 0 spiro atoms. The molecule has 2 N–H and O–H groups in total. The van der Waals surface area contributed by atoms with E-state index in [2.05, 4.69) is 5.32 Å². The molecule has 1 rings (SSSR count). The van der Waals surface area contributed by atoms with E-state index in [9.17, 15) is 9.59 Å². The predicted octanol–water partition coefficient (Wildman–Crippen LogP) is 1.95. The second kappa shape index (κ2) is 6.80. The summed E-state index contributed by atoms with van der Waals surface area (Å²) in [5.74, 6) is -0.966.